The highest BCUT2D eigenvalue weighted by Crippen LogP contribution is 2.19. The van der Waals surface area contributed by atoms with Gasteiger partial charge in [0.15, 0.2) is 0 Å². The van der Waals surface area contributed by atoms with Crippen molar-refractivity contribution in [2.24, 2.45) is 0 Å². The van der Waals surface area contributed by atoms with E-state index in [9.17, 15) is 9.59 Å². The summed E-state index contributed by atoms with van der Waals surface area (Å²) in [6.45, 7) is 4.32. The molecule has 0 bridgehead atoms. The Kier molecular flexibility index (Phi) is 6.57. The van der Waals surface area contributed by atoms with Gasteiger partial charge in [-0.3, -0.25) is 9.59 Å². The Balaban J connectivity index is 1.95. The van der Waals surface area contributed by atoms with Crippen LogP contribution >= 0.6 is 0 Å². The molecule has 1 amide bonds. The third kappa shape index (κ3) is 5.64. The summed E-state index contributed by atoms with van der Waals surface area (Å²) in [5.41, 5.74) is 2.22. The van der Waals surface area contributed by atoms with Crippen LogP contribution in [0.15, 0.2) is 48.5 Å². The molecule has 25 heavy (non-hydrogen) atoms. The van der Waals surface area contributed by atoms with Crippen molar-refractivity contribution in [1.82, 2.24) is 0 Å². The van der Waals surface area contributed by atoms with Crippen LogP contribution in [0.3, 0.4) is 0 Å². The highest BCUT2D eigenvalue weighted by Gasteiger charge is 2.13. The van der Waals surface area contributed by atoms with Crippen LogP contribution in [0.1, 0.15) is 37.3 Å². The number of carbonyl (C=O) groups excluding carboxylic acids is 1. The van der Waals surface area contributed by atoms with E-state index >= 15 is 0 Å². The maximum Gasteiger partial charge on any atom is 0.310 e. The van der Waals surface area contributed by atoms with E-state index in [0.717, 1.165) is 17.7 Å². The number of aliphatic carboxylic acids is 1. The van der Waals surface area contributed by atoms with Gasteiger partial charge in [0.1, 0.15) is 5.75 Å². The first-order valence-electron chi connectivity index (χ1n) is 8.34. The number of nitrogens with one attached hydrogen (secondary N) is 1. The number of rotatable bonds is 8. The predicted molar refractivity (Wildman–Crippen MR) is 97.1 cm³/mol. The molecule has 0 heterocycles. The van der Waals surface area contributed by atoms with Crippen molar-refractivity contribution >= 4 is 17.6 Å². The van der Waals surface area contributed by atoms with Gasteiger partial charge >= 0.3 is 5.97 Å². The number of hydrogen-bond acceptors (Lipinski definition) is 3. The first-order chi connectivity index (χ1) is 12.0. The van der Waals surface area contributed by atoms with Gasteiger partial charge in [0, 0.05) is 5.69 Å². The lowest BCUT2D eigenvalue weighted by Crippen LogP contribution is -2.14. The van der Waals surface area contributed by atoms with Crippen molar-refractivity contribution in [3.63, 3.8) is 0 Å². The summed E-state index contributed by atoms with van der Waals surface area (Å²) in [6, 6.07) is 14.4. The van der Waals surface area contributed by atoms with Gasteiger partial charge in [0.2, 0.25) is 5.91 Å². The number of carbonyl (C=O) groups is 2. The number of carboxylic acid groups (broad SMARTS) is 1. The van der Waals surface area contributed by atoms with Crippen molar-refractivity contribution in [3.05, 3.63) is 59.7 Å². The van der Waals surface area contributed by atoms with Crippen LogP contribution in [-0.2, 0) is 16.0 Å². The van der Waals surface area contributed by atoms with E-state index in [2.05, 4.69) is 5.32 Å². The molecule has 2 N–H and O–H groups in total. The van der Waals surface area contributed by atoms with E-state index in [1.807, 2.05) is 31.2 Å². The molecule has 0 spiro atoms. The SMILES string of the molecule is CCCOc1cccc(CC(=O)Nc2ccc(C(C)C(=O)O)cc2)c1. The van der Waals surface area contributed by atoms with Crippen molar-refractivity contribution in [2.45, 2.75) is 32.6 Å². The molecular formula is C20H23NO4. The van der Waals surface area contributed by atoms with Gasteiger partial charge in [-0.15, -0.1) is 0 Å². The summed E-state index contributed by atoms with van der Waals surface area (Å²) >= 11 is 0. The number of amides is 1. The molecule has 1 unspecified atom stereocenters. The molecule has 0 fully saturated rings. The summed E-state index contributed by atoms with van der Waals surface area (Å²) in [5.74, 6) is -0.816. The topological polar surface area (TPSA) is 75.6 Å². The first kappa shape index (κ1) is 18.5. The fourth-order valence-electron chi connectivity index (χ4n) is 2.35. The zero-order chi connectivity index (χ0) is 18.2. The minimum Gasteiger partial charge on any atom is -0.494 e. The lowest BCUT2D eigenvalue weighted by atomic mass is 10.0. The van der Waals surface area contributed by atoms with E-state index in [1.165, 1.54) is 0 Å². The van der Waals surface area contributed by atoms with Crippen LogP contribution in [0.4, 0.5) is 5.69 Å². The Hall–Kier alpha value is -2.82. The minimum atomic E-state index is -0.873. The van der Waals surface area contributed by atoms with Gasteiger partial charge in [0.05, 0.1) is 18.9 Å². The zero-order valence-electron chi connectivity index (χ0n) is 14.5. The minimum absolute atomic E-state index is 0.133. The molecule has 0 aromatic heterocycles. The third-order valence-corrected chi connectivity index (χ3v) is 3.80. The van der Waals surface area contributed by atoms with Crippen molar-refractivity contribution in [3.8, 4) is 5.75 Å². The number of benzene rings is 2. The normalized spacial score (nSPS) is 11.6. The molecule has 5 nitrogen and oxygen atoms in total. The average molecular weight is 341 g/mol. The molecule has 0 aliphatic heterocycles. The third-order valence-electron chi connectivity index (χ3n) is 3.80. The largest absolute Gasteiger partial charge is 0.494 e. The number of anilines is 1. The van der Waals surface area contributed by atoms with E-state index in [0.29, 0.717) is 17.9 Å². The Morgan fingerprint density at radius 3 is 2.52 bits per heavy atom. The van der Waals surface area contributed by atoms with Gasteiger partial charge < -0.3 is 15.2 Å². The van der Waals surface area contributed by atoms with Gasteiger partial charge in [-0.25, -0.2) is 0 Å². The van der Waals surface area contributed by atoms with Gasteiger partial charge in [-0.1, -0.05) is 31.2 Å². The quantitative estimate of drug-likeness (QED) is 0.765. The highest BCUT2D eigenvalue weighted by molar-refractivity contribution is 5.92. The van der Waals surface area contributed by atoms with E-state index in [1.54, 1.807) is 31.2 Å². The monoisotopic (exact) mass is 341 g/mol. The maximum atomic E-state index is 12.2. The fourth-order valence-corrected chi connectivity index (χ4v) is 2.35. The lowest BCUT2D eigenvalue weighted by molar-refractivity contribution is -0.138. The van der Waals surface area contributed by atoms with Crippen LogP contribution in [0.2, 0.25) is 0 Å². The second-order valence-electron chi connectivity index (χ2n) is 5.90. The molecule has 1 atom stereocenters. The predicted octanol–water partition coefficient (Wildman–Crippen LogP) is 3.84. The Bertz CT molecular complexity index is 725. The standard InChI is InChI=1S/C20H23NO4/c1-3-11-25-18-6-4-5-15(12-18)13-19(22)21-17-9-7-16(8-10-17)14(2)20(23)24/h4-10,12,14H,3,11,13H2,1-2H3,(H,21,22)(H,23,24). The van der Waals surface area contributed by atoms with Crippen molar-refractivity contribution in [1.29, 1.82) is 0 Å². The smallest absolute Gasteiger partial charge is 0.310 e. The second-order valence-corrected chi connectivity index (χ2v) is 5.90. The molecule has 0 saturated heterocycles. The molecule has 132 valence electrons. The second kappa shape index (κ2) is 8.87. The Morgan fingerprint density at radius 2 is 1.88 bits per heavy atom. The molecule has 0 aliphatic carbocycles. The number of ether oxygens (including phenoxy) is 1. The van der Waals surface area contributed by atoms with E-state index < -0.39 is 11.9 Å². The molecule has 0 radical (unpaired) electrons. The Labute approximate surface area is 147 Å². The summed E-state index contributed by atoms with van der Waals surface area (Å²) in [5, 5.41) is 11.8. The van der Waals surface area contributed by atoms with E-state index in [4.69, 9.17) is 9.84 Å². The fraction of sp³-hybridized carbons (Fsp3) is 0.300. The first-order valence-corrected chi connectivity index (χ1v) is 8.34. The summed E-state index contributed by atoms with van der Waals surface area (Å²) in [6.07, 6.45) is 1.18. The molecule has 0 saturated carbocycles. The summed E-state index contributed by atoms with van der Waals surface area (Å²) in [4.78, 5) is 23.2. The van der Waals surface area contributed by atoms with Crippen molar-refractivity contribution in [2.75, 3.05) is 11.9 Å². The van der Waals surface area contributed by atoms with Crippen LogP contribution in [0, 0.1) is 0 Å². The number of hydrogen-bond donors (Lipinski definition) is 2. The summed E-state index contributed by atoms with van der Waals surface area (Å²) in [7, 11) is 0. The van der Waals surface area contributed by atoms with Crippen molar-refractivity contribution < 1.29 is 19.4 Å². The van der Waals surface area contributed by atoms with Gasteiger partial charge in [-0.2, -0.15) is 0 Å². The van der Waals surface area contributed by atoms with Crippen LogP contribution in [-0.4, -0.2) is 23.6 Å². The molecule has 2 aromatic rings. The number of carboxylic acids is 1. The zero-order valence-corrected chi connectivity index (χ0v) is 14.5. The van der Waals surface area contributed by atoms with Crippen LogP contribution in [0.25, 0.3) is 0 Å². The summed E-state index contributed by atoms with van der Waals surface area (Å²) < 4.78 is 5.57. The van der Waals surface area contributed by atoms with Gasteiger partial charge in [0.25, 0.3) is 0 Å². The molecule has 2 rings (SSSR count). The maximum absolute atomic E-state index is 12.2. The lowest BCUT2D eigenvalue weighted by Gasteiger charge is -2.10. The average Bonchev–Trinajstić information content (AvgIpc) is 2.60. The van der Waals surface area contributed by atoms with E-state index in [-0.39, 0.29) is 12.3 Å². The molecule has 5 heteroatoms. The van der Waals surface area contributed by atoms with Crippen LogP contribution in [0.5, 0.6) is 5.75 Å². The van der Waals surface area contributed by atoms with Crippen LogP contribution < -0.4 is 10.1 Å². The van der Waals surface area contributed by atoms with Gasteiger partial charge in [-0.05, 0) is 48.7 Å². The Morgan fingerprint density at radius 1 is 1.16 bits per heavy atom. The molecule has 2 aromatic carbocycles. The molecular weight excluding hydrogens is 318 g/mol. The molecule has 0 aliphatic rings. The highest BCUT2D eigenvalue weighted by atomic mass is 16.5.